The van der Waals surface area contributed by atoms with Crippen LogP contribution in [-0.2, 0) is 15.6 Å². The number of β-amino-alcohol motifs (C(OH)–C–C–N with tert-alkyl or cyclic N) is 1. The van der Waals surface area contributed by atoms with E-state index in [2.05, 4.69) is 35.2 Å². The summed E-state index contributed by atoms with van der Waals surface area (Å²) in [6, 6.07) is 28.7. The van der Waals surface area contributed by atoms with Gasteiger partial charge in [0.15, 0.2) is 0 Å². The first-order valence-electron chi connectivity index (χ1n) is 12.1. The minimum atomic E-state index is -3.68. The van der Waals surface area contributed by atoms with E-state index in [1.807, 2.05) is 36.4 Å². The molecule has 3 aromatic carbocycles. The molecule has 0 spiro atoms. The molecule has 34 heavy (non-hydrogen) atoms. The Morgan fingerprint density at radius 2 is 1.38 bits per heavy atom. The third kappa shape index (κ3) is 4.56. The van der Waals surface area contributed by atoms with Crippen molar-refractivity contribution < 1.29 is 13.5 Å². The van der Waals surface area contributed by atoms with Gasteiger partial charge in [-0.2, -0.15) is 4.31 Å². The molecule has 0 aromatic heterocycles. The second kappa shape index (κ2) is 9.62. The molecule has 5 rings (SSSR count). The van der Waals surface area contributed by atoms with Gasteiger partial charge < -0.3 is 10.0 Å². The summed E-state index contributed by atoms with van der Waals surface area (Å²) in [5.74, 6) is 0.352. The number of likely N-dealkylation sites (tertiary alicyclic amines) is 1. The number of benzene rings is 3. The Kier molecular flexibility index (Phi) is 6.58. The summed E-state index contributed by atoms with van der Waals surface area (Å²) < 4.78 is 28.3. The lowest BCUT2D eigenvalue weighted by molar-refractivity contribution is -0.00575. The zero-order valence-corrected chi connectivity index (χ0v) is 20.1. The molecule has 1 N–H and O–H groups in total. The molecule has 2 saturated heterocycles. The highest BCUT2D eigenvalue weighted by atomic mass is 32.2. The van der Waals surface area contributed by atoms with Crippen molar-refractivity contribution in [2.24, 2.45) is 5.92 Å². The van der Waals surface area contributed by atoms with Crippen LogP contribution in [0.4, 0.5) is 0 Å². The van der Waals surface area contributed by atoms with Gasteiger partial charge in [-0.3, -0.25) is 0 Å². The Morgan fingerprint density at radius 1 is 0.824 bits per heavy atom. The summed E-state index contributed by atoms with van der Waals surface area (Å²) in [6.07, 6.45) is 2.15. The number of hydrogen-bond donors (Lipinski definition) is 1. The van der Waals surface area contributed by atoms with Crippen LogP contribution >= 0.6 is 0 Å². The topological polar surface area (TPSA) is 60.9 Å². The fourth-order valence-electron chi connectivity index (χ4n) is 5.53. The van der Waals surface area contributed by atoms with Gasteiger partial charge in [-0.1, -0.05) is 78.9 Å². The number of hydrogen-bond acceptors (Lipinski definition) is 4. The Bertz CT molecular complexity index is 1180. The standard InChI is InChI=1S/C28H32N2O3S/c31-28(25-12-6-2-7-13-25)22-30(34(32,33)27-14-8-3-9-15-27)21-26(28)20-29-18-16-24(17-19-29)23-10-4-1-5-11-23/h1-15,24,26,31H,16-22H2/t26-,28-/m1/s1. The summed E-state index contributed by atoms with van der Waals surface area (Å²) in [5, 5.41) is 11.9. The third-order valence-corrected chi connectivity index (χ3v) is 9.33. The largest absolute Gasteiger partial charge is 0.383 e. The van der Waals surface area contributed by atoms with Crippen LogP contribution in [0.2, 0.25) is 0 Å². The maximum absolute atomic E-state index is 13.4. The van der Waals surface area contributed by atoms with Crippen LogP contribution in [0.3, 0.4) is 0 Å². The molecule has 0 saturated carbocycles. The van der Waals surface area contributed by atoms with Gasteiger partial charge in [0.1, 0.15) is 5.60 Å². The summed E-state index contributed by atoms with van der Waals surface area (Å²) in [6.45, 7) is 2.95. The predicted molar refractivity (Wildman–Crippen MR) is 134 cm³/mol. The van der Waals surface area contributed by atoms with E-state index in [9.17, 15) is 13.5 Å². The van der Waals surface area contributed by atoms with E-state index in [1.165, 1.54) is 9.87 Å². The van der Waals surface area contributed by atoms with Gasteiger partial charge in [-0.15, -0.1) is 0 Å². The molecule has 0 aliphatic carbocycles. The first-order chi connectivity index (χ1) is 16.5. The van der Waals surface area contributed by atoms with E-state index in [0.717, 1.165) is 31.5 Å². The lowest BCUT2D eigenvalue weighted by atomic mass is 9.83. The van der Waals surface area contributed by atoms with Crippen molar-refractivity contribution in [1.29, 1.82) is 0 Å². The van der Waals surface area contributed by atoms with Crippen LogP contribution in [-0.4, -0.2) is 55.5 Å². The van der Waals surface area contributed by atoms with Gasteiger partial charge in [-0.05, 0) is 55.1 Å². The minimum Gasteiger partial charge on any atom is -0.383 e. The molecule has 2 heterocycles. The molecule has 6 heteroatoms. The van der Waals surface area contributed by atoms with E-state index in [-0.39, 0.29) is 17.4 Å². The van der Waals surface area contributed by atoms with Crippen LogP contribution in [0, 0.1) is 5.92 Å². The van der Waals surface area contributed by atoms with Crippen molar-refractivity contribution in [3.8, 4) is 0 Å². The monoisotopic (exact) mass is 476 g/mol. The molecule has 5 nitrogen and oxygen atoms in total. The fraction of sp³-hybridized carbons (Fsp3) is 0.357. The number of sulfonamides is 1. The lowest BCUT2D eigenvalue weighted by Crippen LogP contribution is -2.44. The van der Waals surface area contributed by atoms with Crippen LogP contribution in [0.15, 0.2) is 95.9 Å². The van der Waals surface area contributed by atoms with E-state index in [0.29, 0.717) is 19.0 Å². The number of nitrogens with zero attached hydrogens (tertiary/aromatic N) is 2. The summed E-state index contributed by atoms with van der Waals surface area (Å²) in [5.41, 5.74) is 0.952. The van der Waals surface area contributed by atoms with Crippen molar-refractivity contribution in [1.82, 2.24) is 9.21 Å². The highest BCUT2D eigenvalue weighted by Crippen LogP contribution is 2.40. The SMILES string of the molecule is O=S(=O)(c1ccccc1)N1C[C@@H](CN2CCC(c3ccccc3)CC2)[C@](O)(c2ccccc2)C1. The average Bonchev–Trinajstić information content (AvgIpc) is 3.24. The van der Waals surface area contributed by atoms with E-state index >= 15 is 0 Å². The molecule has 3 aromatic rings. The molecule has 2 aliphatic rings. The Balaban J connectivity index is 1.35. The average molecular weight is 477 g/mol. The Hall–Kier alpha value is -2.51. The maximum Gasteiger partial charge on any atom is 0.243 e. The highest BCUT2D eigenvalue weighted by molar-refractivity contribution is 7.89. The van der Waals surface area contributed by atoms with Crippen LogP contribution in [0.5, 0.6) is 0 Å². The predicted octanol–water partition coefficient (Wildman–Crippen LogP) is 4.07. The minimum absolute atomic E-state index is 0.0688. The van der Waals surface area contributed by atoms with Crippen LogP contribution in [0.25, 0.3) is 0 Å². The molecule has 0 bridgehead atoms. The van der Waals surface area contributed by atoms with Gasteiger partial charge in [-0.25, -0.2) is 8.42 Å². The fourth-order valence-corrected chi connectivity index (χ4v) is 7.07. The molecule has 2 fully saturated rings. The van der Waals surface area contributed by atoms with Crippen molar-refractivity contribution in [2.45, 2.75) is 29.3 Å². The second-order valence-electron chi connectivity index (χ2n) is 9.58. The van der Waals surface area contributed by atoms with Crippen molar-refractivity contribution >= 4 is 10.0 Å². The van der Waals surface area contributed by atoms with Gasteiger partial charge in [0.05, 0.1) is 4.90 Å². The summed E-state index contributed by atoms with van der Waals surface area (Å²) in [4.78, 5) is 2.67. The van der Waals surface area contributed by atoms with Crippen molar-refractivity contribution in [2.75, 3.05) is 32.7 Å². The first-order valence-corrected chi connectivity index (χ1v) is 13.5. The normalized spacial score (nSPS) is 24.9. The van der Waals surface area contributed by atoms with Crippen molar-refractivity contribution in [3.05, 3.63) is 102 Å². The molecule has 178 valence electrons. The van der Waals surface area contributed by atoms with E-state index in [4.69, 9.17) is 0 Å². The maximum atomic E-state index is 13.4. The van der Waals surface area contributed by atoms with Crippen molar-refractivity contribution in [3.63, 3.8) is 0 Å². The second-order valence-corrected chi connectivity index (χ2v) is 11.5. The van der Waals surface area contributed by atoms with E-state index in [1.54, 1.807) is 24.3 Å². The number of piperidine rings is 1. The van der Waals surface area contributed by atoms with Crippen LogP contribution < -0.4 is 0 Å². The summed E-state index contributed by atoms with van der Waals surface area (Å²) >= 11 is 0. The molecule has 2 atom stereocenters. The highest BCUT2D eigenvalue weighted by Gasteiger charge is 2.50. The van der Waals surface area contributed by atoms with Gasteiger partial charge in [0.2, 0.25) is 10.0 Å². The molecular weight excluding hydrogens is 444 g/mol. The van der Waals surface area contributed by atoms with Gasteiger partial charge in [0, 0.05) is 25.6 Å². The lowest BCUT2D eigenvalue weighted by Gasteiger charge is -2.37. The quantitative estimate of drug-likeness (QED) is 0.583. The van der Waals surface area contributed by atoms with Gasteiger partial charge >= 0.3 is 0 Å². The zero-order chi connectivity index (χ0) is 23.6. The number of rotatable bonds is 6. The molecule has 0 unspecified atom stereocenters. The van der Waals surface area contributed by atoms with Gasteiger partial charge in [0.25, 0.3) is 0 Å². The third-order valence-electron chi connectivity index (χ3n) is 7.51. The smallest absolute Gasteiger partial charge is 0.243 e. The molecule has 0 amide bonds. The Labute approximate surface area is 202 Å². The Morgan fingerprint density at radius 3 is 2.00 bits per heavy atom. The molecule has 2 aliphatic heterocycles. The molecular formula is C28H32N2O3S. The number of aliphatic hydroxyl groups is 1. The first kappa shape index (κ1) is 23.2. The summed E-state index contributed by atoms with van der Waals surface area (Å²) in [7, 11) is -3.68. The molecule has 0 radical (unpaired) electrons. The zero-order valence-electron chi connectivity index (χ0n) is 19.3. The van der Waals surface area contributed by atoms with Crippen LogP contribution in [0.1, 0.15) is 29.9 Å². The van der Waals surface area contributed by atoms with E-state index < -0.39 is 15.6 Å².